The van der Waals surface area contributed by atoms with E-state index >= 15 is 0 Å². The second-order valence-corrected chi connectivity index (χ2v) is 6.45. The highest BCUT2D eigenvalue weighted by Crippen LogP contribution is 2.33. The Bertz CT molecular complexity index is 650. The third-order valence-corrected chi connectivity index (χ3v) is 4.34. The number of benzene rings is 1. The van der Waals surface area contributed by atoms with E-state index in [1.54, 1.807) is 11.7 Å². The lowest BCUT2D eigenvalue weighted by Crippen LogP contribution is -2.06. The van der Waals surface area contributed by atoms with Crippen LogP contribution in [0, 0.1) is 6.92 Å². The third kappa shape index (κ3) is 3.42. The van der Waals surface area contributed by atoms with Crippen LogP contribution in [0.2, 0.25) is 10.2 Å². The number of halogens is 2. The van der Waals surface area contributed by atoms with Gasteiger partial charge in [-0.15, -0.1) is 0 Å². The molecule has 0 bridgehead atoms. The summed E-state index contributed by atoms with van der Waals surface area (Å²) >= 11 is 12.5. The molecule has 0 amide bonds. The standard InChI is InChI=1S/C16H20Cl2N2O/c1-9(2)15-14(16(18)20(4)19-15)13(21)8-11-6-5-10(3)7-12(11)17/h5-7,9,13,21H,8H2,1-4H3. The first kappa shape index (κ1) is 16.3. The van der Waals surface area contributed by atoms with Crippen LogP contribution in [0.5, 0.6) is 0 Å². The normalized spacial score (nSPS) is 13.0. The minimum atomic E-state index is -0.719. The highest BCUT2D eigenvalue weighted by Gasteiger charge is 2.24. The molecule has 0 radical (unpaired) electrons. The maximum absolute atomic E-state index is 10.6. The van der Waals surface area contributed by atoms with Crippen molar-refractivity contribution in [1.82, 2.24) is 9.78 Å². The van der Waals surface area contributed by atoms with E-state index in [1.165, 1.54) is 0 Å². The monoisotopic (exact) mass is 326 g/mol. The predicted molar refractivity (Wildman–Crippen MR) is 87.2 cm³/mol. The summed E-state index contributed by atoms with van der Waals surface area (Å²) in [6, 6.07) is 5.83. The van der Waals surface area contributed by atoms with E-state index in [-0.39, 0.29) is 5.92 Å². The Morgan fingerprint density at radius 1 is 1.29 bits per heavy atom. The number of aliphatic hydroxyl groups is 1. The lowest BCUT2D eigenvalue weighted by Gasteiger charge is -2.14. The van der Waals surface area contributed by atoms with Gasteiger partial charge in [-0.05, 0) is 30.0 Å². The van der Waals surface area contributed by atoms with Crippen molar-refractivity contribution >= 4 is 23.2 Å². The van der Waals surface area contributed by atoms with Crippen molar-refractivity contribution in [2.75, 3.05) is 0 Å². The number of hydrogen-bond acceptors (Lipinski definition) is 2. The number of aromatic nitrogens is 2. The molecule has 114 valence electrons. The Hall–Kier alpha value is -1.03. The van der Waals surface area contributed by atoms with E-state index in [0.717, 1.165) is 16.8 Å². The summed E-state index contributed by atoms with van der Waals surface area (Å²) in [7, 11) is 1.78. The first-order chi connectivity index (χ1) is 9.81. The second-order valence-electron chi connectivity index (χ2n) is 5.68. The van der Waals surface area contributed by atoms with E-state index < -0.39 is 6.10 Å². The van der Waals surface area contributed by atoms with Crippen molar-refractivity contribution in [2.24, 2.45) is 7.05 Å². The van der Waals surface area contributed by atoms with Gasteiger partial charge in [0.15, 0.2) is 0 Å². The zero-order valence-electron chi connectivity index (χ0n) is 12.7. The zero-order chi connectivity index (χ0) is 15.7. The van der Waals surface area contributed by atoms with Crippen LogP contribution in [0.3, 0.4) is 0 Å². The van der Waals surface area contributed by atoms with Crippen LogP contribution in [0.1, 0.15) is 48.3 Å². The molecular formula is C16H20Cl2N2O. The molecular weight excluding hydrogens is 307 g/mol. The fourth-order valence-electron chi connectivity index (χ4n) is 2.40. The minimum absolute atomic E-state index is 0.196. The first-order valence-electron chi connectivity index (χ1n) is 6.96. The lowest BCUT2D eigenvalue weighted by molar-refractivity contribution is 0.177. The fraction of sp³-hybridized carbons (Fsp3) is 0.438. The molecule has 0 aliphatic carbocycles. The van der Waals surface area contributed by atoms with Crippen molar-refractivity contribution in [3.05, 3.63) is 50.8 Å². The molecule has 0 aliphatic heterocycles. The molecule has 5 heteroatoms. The smallest absolute Gasteiger partial charge is 0.132 e. The average Bonchev–Trinajstić information content (AvgIpc) is 2.69. The largest absolute Gasteiger partial charge is 0.388 e. The Balaban J connectivity index is 2.34. The molecule has 2 rings (SSSR count). The van der Waals surface area contributed by atoms with Crippen LogP contribution in [0.25, 0.3) is 0 Å². The van der Waals surface area contributed by atoms with Gasteiger partial charge in [0, 0.05) is 24.1 Å². The summed E-state index contributed by atoms with van der Waals surface area (Å²) in [4.78, 5) is 0. The van der Waals surface area contributed by atoms with Crippen LogP contribution in [-0.2, 0) is 13.5 Å². The van der Waals surface area contributed by atoms with Crippen molar-refractivity contribution in [3.8, 4) is 0 Å². The fourth-order valence-corrected chi connectivity index (χ4v) is 2.98. The molecule has 1 heterocycles. The summed E-state index contributed by atoms with van der Waals surface area (Å²) in [5.74, 6) is 0.196. The van der Waals surface area contributed by atoms with Gasteiger partial charge in [-0.2, -0.15) is 5.10 Å². The molecule has 1 N–H and O–H groups in total. The van der Waals surface area contributed by atoms with E-state index in [1.807, 2.05) is 39.0 Å². The van der Waals surface area contributed by atoms with Crippen molar-refractivity contribution in [1.29, 1.82) is 0 Å². The molecule has 2 aromatic rings. The summed E-state index contributed by atoms with van der Waals surface area (Å²) in [5, 5.41) is 16.1. The Kier molecular flexibility index (Phi) is 4.97. The molecule has 1 unspecified atom stereocenters. The van der Waals surface area contributed by atoms with Crippen LogP contribution in [0.15, 0.2) is 18.2 Å². The van der Waals surface area contributed by atoms with Gasteiger partial charge in [-0.25, -0.2) is 0 Å². The molecule has 0 saturated carbocycles. The van der Waals surface area contributed by atoms with Crippen molar-refractivity contribution in [3.63, 3.8) is 0 Å². The molecule has 0 fully saturated rings. The molecule has 0 aliphatic rings. The first-order valence-corrected chi connectivity index (χ1v) is 7.72. The lowest BCUT2D eigenvalue weighted by atomic mass is 9.97. The van der Waals surface area contributed by atoms with Gasteiger partial charge in [0.05, 0.1) is 11.8 Å². The summed E-state index contributed by atoms with van der Waals surface area (Å²) in [6.45, 7) is 6.06. The number of rotatable bonds is 4. The highest BCUT2D eigenvalue weighted by atomic mass is 35.5. The van der Waals surface area contributed by atoms with E-state index in [2.05, 4.69) is 5.10 Å². The molecule has 0 spiro atoms. The predicted octanol–water partition coefficient (Wildman–Crippen LogP) is 4.43. The maximum Gasteiger partial charge on any atom is 0.132 e. The van der Waals surface area contributed by atoms with Gasteiger partial charge in [-0.1, -0.05) is 49.2 Å². The molecule has 21 heavy (non-hydrogen) atoms. The second kappa shape index (κ2) is 6.39. The van der Waals surface area contributed by atoms with Crippen LogP contribution < -0.4 is 0 Å². The van der Waals surface area contributed by atoms with Crippen LogP contribution in [0.4, 0.5) is 0 Å². The van der Waals surface area contributed by atoms with Crippen molar-refractivity contribution in [2.45, 2.75) is 39.2 Å². The van der Waals surface area contributed by atoms with E-state index in [0.29, 0.717) is 22.2 Å². The highest BCUT2D eigenvalue weighted by molar-refractivity contribution is 6.31. The van der Waals surface area contributed by atoms with Gasteiger partial charge in [0.1, 0.15) is 5.15 Å². The Morgan fingerprint density at radius 3 is 2.52 bits per heavy atom. The Morgan fingerprint density at radius 2 is 1.95 bits per heavy atom. The number of hydrogen-bond donors (Lipinski definition) is 1. The topological polar surface area (TPSA) is 38.1 Å². The molecule has 1 aromatic carbocycles. The molecule has 1 atom stereocenters. The van der Waals surface area contributed by atoms with Gasteiger partial charge in [0.25, 0.3) is 0 Å². The number of nitrogens with zero attached hydrogens (tertiary/aromatic N) is 2. The molecule has 1 aromatic heterocycles. The minimum Gasteiger partial charge on any atom is -0.388 e. The average molecular weight is 327 g/mol. The molecule has 0 saturated heterocycles. The Labute approximate surface area is 135 Å². The van der Waals surface area contributed by atoms with Gasteiger partial charge >= 0.3 is 0 Å². The third-order valence-electron chi connectivity index (χ3n) is 3.54. The van der Waals surface area contributed by atoms with Crippen molar-refractivity contribution < 1.29 is 5.11 Å². The number of aryl methyl sites for hydroxylation is 2. The summed E-state index contributed by atoms with van der Waals surface area (Å²) < 4.78 is 1.60. The maximum atomic E-state index is 10.6. The SMILES string of the molecule is Cc1ccc(CC(O)c2c(C(C)C)nn(C)c2Cl)c(Cl)c1. The van der Waals surface area contributed by atoms with Crippen LogP contribution >= 0.6 is 23.2 Å². The number of aliphatic hydroxyl groups excluding tert-OH is 1. The van der Waals surface area contributed by atoms with Gasteiger partial charge < -0.3 is 5.11 Å². The van der Waals surface area contributed by atoms with Gasteiger partial charge in [-0.3, -0.25) is 4.68 Å². The summed E-state index contributed by atoms with van der Waals surface area (Å²) in [6.07, 6.45) is -0.298. The summed E-state index contributed by atoms with van der Waals surface area (Å²) in [5.41, 5.74) is 3.54. The quantitative estimate of drug-likeness (QED) is 0.902. The van der Waals surface area contributed by atoms with E-state index in [9.17, 15) is 5.11 Å². The zero-order valence-corrected chi connectivity index (χ0v) is 14.2. The van der Waals surface area contributed by atoms with Crippen LogP contribution in [-0.4, -0.2) is 14.9 Å². The molecule has 3 nitrogen and oxygen atoms in total. The van der Waals surface area contributed by atoms with E-state index in [4.69, 9.17) is 23.2 Å². The van der Waals surface area contributed by atoms with Gasteiger partial charge in [0.2, 0.25) is 0 Å².